The van der Waals surface area contributed by atoms with Gasteiger partial charge in [-0.2, -0.15) is 5.10 Å². The maximum absolute atomic E-state index is 11.4. The number of esters is 2. The molecule has 0 unspecified atom stereocenters. The summed E-state index contributed by atoms with van der Waals surface area (Å²) in [5, 5.41) is 3.98. The number of anilines is 1. The third-order valence-electron chi connectivity index (χ3n) is 3.40. The number of carbonyl (C=O) groups is 4. The molecule has 3 N–H and O–H groups in total. The van der Waals surface area contributed by atoms with Gasteiger partial charge in [-0.1, -0.05) is 0 Å². The molecule has 0 aromatic carbocycles. The molecule has 0 aliphatic rings. The Hall–Kier alpha value is -4.59. The largest absolute Gasteiger partial charge is 0.465 e. The molecule has 0 radical (unpaired) electrons. The van der Waals surface area contributed by atoms with E-state index in [0.29, 0.717) is 24.1 Å². The Bertz CT molecular complexity index is 1010. The van der Waals surface area contributed by atoms with E-state index in [2.05, 4.69) is 35.2 Å². The molecule has 0 fully saturated rings. The number of aldehydes is 2. The average Bonchev–Trinajstić information content (AvgIpc) is 3.38. The van der Waals surface area contributed by atoms with Crippen molar-refractivity contribution in [1.29, 1.82) is 0 Å². The monoisotopic (exact) mass is 472 g/mol. The standard InChI is InChI=1S/C10H10N4O2.C6H8O4.C4H6N4/c1-2-16-9(15)8-6-13-14(7-8)10-11-4-3-5-12-10;1-2-10-6(9)5(3-7)4-8;5-8-4-6-2-1-3-7-4/h3-7H,2H2,1H3;3-5H,2H2,1H3;1-3H,5H2,(H,6,7,8). The summed E-state index contributed by atoms with van der Waals surface area (Å²) < 4.78 is 10.7. The van der Waals surface area contributed by atoms with E-state index in [1.54, 1.807) is 50.8 Å². The van der Waals surface area contributed by atoms with Gasteiger partial charge in [-0.15, -0.1) is 0 Å². The van der Waals surface area contributed by atoms with Crippen molar-refractivity contribution >= 4 is 30.5 Å². The first-order valence-corrected chi connectivity index (χ1v) is 9.80. The number of nitrogens with one attached hydrogen (secondary N) is 1. The Morgan fingerprint density at radius 2 is 1.56 bits per heavy atom. The molecule has 14 heteroatoms. The molecule has 0 saturated heterocycles. The molecular weight excluding hydrogens is 448 g/mol. The lowest BCUT2D eigenvalue weighted by molar-refractivity contribution is -0.150. The normalized spacial score (nSPS) is 9.41. The second-order valence-electron chi connectivity index (χ2n) is 5.71. The third-order valence-corrected chi connectivity index (χ3v) is 3.40. The SMILES string of the molecule is CCOC(=O)C(C=O)C=O.CCOC(=O)c1cnn(-c2ncccn2)c1.NNc1ncccn1. The Morgan fingerprint density at radius 1 is 1.00 bits per heavy atom. The van der Waals surface area contributed by atoms with Gasteiger partial charge in [0.25, 0.3) is 0 Å². The number of hydrazine groups is 1. The highest BCUT2D eigenvalue weighted by Crippen LogP contribution is 2.04. The first-order valence-electron chi connectivity index (χ1n) is 9.80. The molecule has 3 rings (SSSR count). The van der Waals surface area contributed by atoms with Crippen LogP contribution < -0.4 is 11.3 Å². The Morgan fingerprint density at radius 3 is 2.03 bits per heavy atom. The lowest BCUT2D eigenvalue weighted by Gasteiger charge is -2.00. The van der Waals surface area contributed by atoms with Crippen molar-refractivity contribution in [2.45, 2.75) is 13.8 Å². The summed E-state index contributed by atoms with van der Waals surface area (Å²) >= 11 is 0. The van der Waals surface area contributed by atoms with Gasteiger partial charge >= 0.3 is 11.9 Å². The van der Waals surface area contributed by atoms with E-state index < -0.39 is 17.9 Å². The van der Waals surface area contributed by atoms with Crippen LogP contribution in [0.2, 0.25) is 0 Å². The number of nitrogen functional groups attached to an aromatic ring is 1. The van der Waals surface area contributed by atoms with Crippen LogP contribution in [0.4, 0.5) is 5.95 Å². The van der Waals surface area contributed by atoms with E-state index in [4.69, 9.17) is 10.6 Å². The summed E-state index contributed by atoms with van der Waals surface area (Å²) in [6.07, 6.45) is 9.91. The van der Waals surface area contributed by atoms with Crippen LogP contribution in [-0.4, -0.2) is 67.4 Å². The Kier molecular flexibility index (Phi) is 13.0. The predicted molar refractivity (Wildman–Crippen MR) is 117 cm³/mol. The zero-order chi connectivity index (χ0) is 25.2. The van der Waals surface area contributed by atoms with E-state index in [1.165, 1.54) is 17.1 Å². The molecule has 0 amide bonds. The minimum atomic E-state index is -1.25. The smallest absolute Gasteiger partial charge is 0.341 e. The van der Waals surface area contributed by atoms with Crippen LogP contribution in [0.3, 0.4) is 0 Å². The van der Waals surface area contributed by atoms with Crippen molar-refractivity contribution in [2.75, 3.05) is 18.6 Å². The number of aromatic nitrogens is 6. The predicted octanol–water partition coefficient (Wildman–Crippen LogP) is 0.165. The second-order valence-corrected chi connectivity index (χ2v) is 5.71. The van der Waals surface area contributed by atoms with Gasteiger partial charge in [-0.25, -0.2) is 35.3 Å². The number of nitrogens with zero attached hydrogens (tertiary/aromatic N) is 6. The lowest BCUT2D eigenvalue weighted by Crippen LogP contribution is -2.19. The number of nitrogens with two attached hydrogens (primary N) is 1. The Balaban J connectivity index is 0.000000277. The summed E-state index contributed by atoms with van der Waals surface area (Å²) in [4.78, 5) is 57.2. The maximum Gasteiger partial charge on any atom is 0.341 e. The summed E-state index contributed by atoms with van der Waals surface area (Å²) in [6, 6.07) is 3.43. The summed E-state index contributed by atoms with van der Waals surface area (Å²) in [7, 11) is 0. The lowest BCUT2D eigenvalue weighted by atomic mass is 10.2. The summed E-state index contributed by atoms with van der Waals surface area (Å²) in [6.45, 7) is 3.87. The zero-order valence-corrected chi connectivity index (χ0v) is 18.5. The van der Waals surface area contributed by atoms with Crippen LogP contribution in [0.25, 0.3) is 5.95 Å². The summed E-state index contributed by atoms with van der Waals surface area (Å²) in [5.74, 6) is 3.39. The van der Waals surface area contributed by atoms with Crippen LogP contribution in [0, 0.1) is 5.92 Å². The van der Waals surface area contributed by atoms with Gasteiger partial charge in [0.2, 0.25) is 11.9 Å². The molecule has 3 heterocycles. The van der Waals surface area contributed by atoms with Crippen molar-refractivity contribution in [3.63, 3.8) is 0 Å². The highest BCUT2D eigenvalue weighted by Gasteiger charge is 2.16. The fraction of sp³-hybridized carbons (Fsp3) is 0.250. The average molecular weight is 472 g/mol. The quantitative estimate of drug-likeness (QED) is 0.148. The maximum atomic E-state index is 11.4. The van der Waals surface area contributed by atoms with Crippen molar-refractivity contribution in [3.8, 4) is 5.95 Å². The van der Waals surface area contributed by atoms with E-state index in [0.717, 1.165) is 0 Å². The van der Waals surface area contributed by atoms with Crippen LogP contribution in [-0.2, 0) is 23.9 Å². The topological polar surface area (TPSA) is 194 Å². The first-order chi connectivity index (χ1) is 16.5. The first kappa shape index (κ1) is 27.4. The van der Waals surface area contributed by atoms with Crippen molar-refractivity contribution < 1.29 is 28.7 Å². The molecule has 0 bridgehead atoms. The molecule has 3 aromatic rings. The summed E-state index contributed by atoms with van der Waals surface area (Å²) in [5.41, 5.74) is 2.69. The van der Waals surface area contributed by atoms with E-state index in [-0.39, 0.29) is 19.2 Å². The number of rotatable bonds is 8. The fourth-order valence-corrected chi connectivity index (χ4v) is 1.92. The second kappa shape index (κ2) is 16.1. The molecule has 3 aromatic heterocycles. The molecule has 34 heavy (non-hydrogen) atoms. The van der Waals surface area contributed by atoms with Gasteiger partial charge in [0.1, 0.15) is 12.6 Å². The molecule has 0 aliphatic heterocycles. The number of hydrogen-bond donors (Lipinski definition) is 2. The molecular formula is C20H24N8O6. The molecule has 180 valence electrons. The zero-order valence-electron chi connectivity index (χ0n) is 18.5. The highest BCUT2D eigenvalue weighted by molar-refractivity contribution is 6.02. The van der Waals surface area contributed by atoms with Gasteiger partial charge < -0.3 is 19.1 Å². The van der Waals surface area contributed by atoms with Gasteiger partial charge in [0.05, 0.1) is 25.0 Å². The van der Waals surface area contributed by atoms with Gasteiger partial charge in [0, 0.05) is 31.0 Å². The van der Waals surface area contributed by atoms with Gasteiger partial charge in [0.15, 0.2) is 5.92 Å². The number of carbonyl (C=O) groups excluding carboxylic acids is 4. The van der Waals surface area contributed by atoms with Crippen molar-refractivity contribution in [1.82, 2.24) is 29.7 Å². The Labute approximate surface area is 194 Å². The van der Waals surface area contributed by atoms with Gasteiger partial charge in [-0.05, 0) is 26.0 Å². The molecule has 0 aliphatic carbocycles. The van der Waals surface area contributed by atoms with Crippen LogP contribution in [0.1, 0.15) is 24.2 Å². The highest BCUT2D eigenvalue weighted by atomic mass is 16.5. The van der Waals surface area contributed by atoms with Gasteiger partial charge in [-0.3, -0.25) is 10.2 Å². The molecule has 0 spiro atoms. The van der Waals surface area contributed by atoms with Crippen LogP contribution in [0.5, 0.6) is 0 Å². The molecule has 0 atom stereocenters. The fourth-order valence-electron chi connectivity index (χ4n) is 1.92. The van der Waals surface area contributed by atoms with E-state index in [1.807, 2.05) is 0 Å². The minimum Gasteiger partial charge on any atom is -0.465 e. The van der Waals surface area contributed by atoms with Crippen molar-refractivity contribution in [3.05, 3.63) is 54.9 Å². The molecule has 14 nitrogen and oxygen atoms in total. The minimum absolute atomic E-state index is 0.178. The van der Waals surface area contributed by atoms with Crippen LogP contribution in [0.15, 0.2) is 49.3 Å². The van der Waals surface area contributed by atoms with E-state index in [9.17, 15) is 19.2 Å². The van der Waals surface area contributed by atoms with Crippen molar-refractivity contribution in [2.24, 2.45) is 11.8 Å². The van der Waals surface area contributed by atoms with E-state index >= 15 is 0 Å². The van der Waals surface area contributed by atoms with Crippen LogP contribution >= 0.6 is 0 Å². The number of hydrogen-bond acceptors (Lipinski definition) is 13. The molecule has 0 saturated carbocycles. The number of ether oxygens (including phenoxy) is 2. The third kappa shape index (κ3) is 9.69.